The first-order chi connectivity index (χ1) is 15.6. The van der Waals surface area contributed by atoms with Gasteiger partial charge in [0.15, 0.2) is 11.5 Å². The lowest BCUT2D eigenvalue weighted by atomic mass is 10.0. The molecule has 0 saturated carbocycles. The summed E-state index contributed by atoms with van der Waals surface area (Å²) in [5.41, 5.74) is 0.940. The van der Waals surface area contributed by atoms with Gasteiger partial charge in [-0.25, -0.2) is 0 Å². The number of fused-ring (bicyclic) bond motifs is 1. The van der Waals surface area contributed by atoms with E-state index in [4.69, 9.17) is 21.1 Å². The van der Waals surface area contributed by atoms with Crippen LogP contribution in [0.5, 0.6) is 23.0 Å². The Morgan fingerprint density at radius 1 is 1.06 bits per heavy atom. The Labute approximate surface area is 194 Å². The van der Waals surface area contributed by atoms with E-state index in [1.165, 1.54) is 13.0 Å². The van der Waals surface area contributed by atoms with E-state index in [0.717, 1.165) is 22.4 Å². The van der Waals surface area contributed by atoms with Crippen LogP contribution in [0.1, 0.15) is 38.8 Å². The highest BCUT2D eigenvalue weighted by atomic mass is 35.5. The van der Waals surface area contributed by atoms with E-state index >= 15 is 0 Å². The van der Waals surface area contributed by atoms with Gasteiger partial charge in [0.1, 0.15) is 11.5 Å². The Bertz CT molecular complexity index is 1150. The zero-order chi connectivity index (χ0) is 24.2. The standard InChI is InChI=1S/C24H23ClF3NO4/c1-4-9-31-23-21(25)12-20(13-22(23)33-24(26,27)28)32-19-8-7-17-10-16(5-6-18(17)11-19)14(2)29-15(3)30/h5-8,10-14H,4,9H2,1-3H3,(H,29,30). The number of rotatable bonds is 8. The predicted octanol–water partition coefficient (Wildman–Crippen LogP) is 7.17. The van der Waals surface area contributed by atoms with Crippen molar-refractivity contribution in [2.24, 2.45) is 0 Å². The van der Waals surface area contributed by atoms with Gasteiger partial charge in [-0.1, -0.05) is 36.7 Å². The summed E-state index contributed by atoms with van der Waals surface area (Å²) in [6.45, 7) is 5.35. The number of ether oxygens (including phenoxy) is 3. The third-order valence-electron chi connectivity index (χ3n) is 4.65. The number of hydrogen-bond donors (Lipinski definition) is 1. The largest absolute Gasteiger partial charge is 0.573 e. The fourth-order valence-electron chi connectivity index (χ4n) is 3.25. The lowest BCUT2D eigenvalue weighted by molar-refractivity contribution is -0.275. The molecule has 176 valence electrons. The molecule has 0 heterocycles. The Kier molecular flexibility index (Phi) is 7.58. The van der Waals surface area contributed by atoms with E-state index in [-0.39, 0.29) is 35.1 Å². The van der Waals surface area contributed by atoms with Gasteiger partial charge in [0.05, 0.1) is 17.7 Å². The van der Waals surface area contributed by atoms with Gasteiger partial charge >= 0.3 is 6.36 Å². The average Bonchev–Trinajstić information content (AvgIpc) is 2.71. The summed E-state index contributed by atoms with van der Waals surface area (Å²) in [4.78, 5) is 11.3. The lowest BCUT2D eigenvalue weighted by Gasteiger charge is -2.17. The molecular weight excluding hydrogens is 459 g/mol. The summed E-state index contributed by atoms with van der Waals surface area (Å²) in [6, 6.07) is 13.3. The lowest BCUT2D eigenvalue weighted by Crippen LogP contribution is -2.23. The topological polar surface area (TPSA) is 56.8 Å². The van der Waals surface area contributed by atoms with Gasteiger partial charge in [-0.15, -0.1) is 13.2 Å². The van der Waals surface area contributed by atoms with E-state index < -0.39 is 12.1 Å². The average molecular weight is 482 g/mol. The first kappa shape index (κ1) is 24.5. The van der Waals surface area contributed by atoms with Crippen molar-refractivity contribution in [3.8, 4) is 23.0 Å². The van der Waals surface area contributed by atoms with Crippen LogP contribution in [0, 0.1) is 0 Å². The minimum Gasteiger partial charge on any atom is -0.488 e. The summed E-state index contributed by atoms with van der Waals surface area (Å²) < 4.78 is 53.9. The highest BCUT2D eigenvalue weighted by Crippen LogP contribution is 2.42. The quantitative estimate of drug-likeness (QED) is 0.370. The van der Waals surface area contributed by atoms with E-state index in [2.05, 4.69) is 10.1 Å². The van der Waals surface area contributed by atoms with E-state index in [1.54, 1.807) is 12.1 Å². The zero-order valence-corrected chi connectivity index (χ0v) is 19.0. The third-order valence-corrected chi connectivity index (χ3v) is 4.93. The van der Waals surface area contributed by atoms with Gasteiger partial charge in [0.2, 0.25) is 5.91 Å². The summed E-state index contributed by atoms with van der Waals surface area (Å²) in [5, 5.41) is 4.55. The van der Waals surface area contributed by atoms with Crippen LogP contribution in [-0.4, -0.2) is 18.9 Å². The van der Waals surface area contributed by atoms with Crippen LogP contribution >= 0.6 is 11.6 Å². The molecule has 1 unspecified atom stereocenters. The van der Waals surface area contributed by atoms with Crippen LogP contribution in [-0.2, 0) is 4.79 Å². The van der Waals surface area contributed by atoms with Crippen LogP contribution in [0.2, 0.25) is 5.02 Å². The van der Waals surface area contributed by atoms with Crippen molar-refractivity contribution in [2.75, 3.05) is 6.61 Å². The van der Waals surface area contributed by atoms with Crippen LogP contribution in [0.15, 0.2) is 48.5 Å². The molecule has 33 heavy (non-hydrogen) atoms. The number of amides is 1. The van der Waals surface area contributed by atoms with Crippen molar-refractivity contribution in [1.29, 1.82) is 0 Å². The molecule has 0 fully saturated rings. The van der Waals surface area contributed by atoms with Crippen molar-refractivity contribution in [3.63, 3.8) is 0 Å². The molecule has 0 aliphatic rings. The number of carbonyl (C=O) groups excluding carboxylic acids is 1. The van der Waals surface area contributed by atoms with Gasteiger partial charge in [-0.05, 0) is 47.9 Å². The van der Waals surface area contributed by atoms with Gasteiger partial charge < -0.3 is 19.5 Å². The smallest absolute Gasteiger partial charge is 0.488 e. The highest BCUT2D eigenvalue weighted by molar-refractivity contribution is 6.32. The van der Waals surface area contributed by atoms with Crippen molar-refractivity contribution in [2.45, 2.75) is 39.6 Å². The summed E-state index contributed by atoms with van der Waals surface area (Å²) >= 11 is 6.16. The number of alkyl halides is 3. The molecule has 0 saturated heterocycles. The molecule has 0 aromatic heterocycles. The Morgan fingerprint density at radius 3 is 2.42 bits per heavy atom. The first-order valence-electron chi connectivity index (χ1n) is 10.3. The molecule has 3 aromatic rings. The summed E-state index contributed by atoms with van der Waals surface area (Å²) in [7, 11) is 0. The molecule has 9 heteroatoms. The monoisotopic (exact) mass is 481 g/mol. The zero-order valence-electron chi connectivity index (χ0n) is 18.3. The third kappa shape index (κ3) is 6.68. The fourth-order valence-corrected chi connectivity index (χ4v) is 3.50. The SMILES string of the molecule is CCCOc1c(Cl)cc(Oc2ccc3cc(C(C)NC(C)=O)ccc3c2)cc1OC(F)(F)F. The molecule has 1 atom stereocenters. The second-order valence-corrected chi connectivity index (χ2v) is 7.83. The molecule has 0 radical (unpaired) electrons. The second-order valence-electron chi connectivity index (χ2n) is 7.42. The summed E-state index contributed by atoms with van der Waals surface area (Å²) in [5.74, 6) is -0.414. The van der Waals surface area contributed by atoms with Gasteiger partial charge in [0.25, 0.3) is 0 Å². The molecule has 0 aliphatic carbocycles. The van der Waals surface area contributed by atoms with Crippen LogP contribution in [0.3, 0.4) is 0 Å². The number of nitrogens with one attached hydrogen (secondary N) is 1. The Morgan fingerprint density at radius 2 is 1.76 bits per heavy atom. The fraction of sp³-hybridized carbons (Fsp3) is 0.292. The predicted molar refractivity (Wildman–Crippen MR) is 120 cm³/mol. The molecule has 0 aliphatic heterocycles. The van der Waals surface area contributed by atoms with Gasteiger partial charge in [-0.3, -0.25) is 4.79 Å². The maximum atomic E-state index is 12.9. The molecule has 0 spiro atoms. The minimum absolute atomic E-state index is 0.0578. The van der Waals surface area contributed by atoms with E-state index in [9.17, 15) is 18.0 Å². The first-order valence-corrected chi connectivity index (χ1v) is 10.6. The molecule has 3 aromatic carbocycles. The van der Waals surface area contributed by atoms with Crippen LogP contribution < -0.4 is 19.5 Å². The number of carbonyl (C=O) groups is 1. The number of hydrogen-bond acceptors (Lipinski definition) is 4. The normalized spacial score (nSPS) is 12.3. The maximum absolute atomic E-state index is 12.9. The molecule has 1 N–H and O–H groups in total. The molecule has 1 amide bonds. The van der Waals surface area contributed by atoms with Gasteiger partial charge in [-0.2, -0.15) is 0 Å². The van der Waals surface area contributed by atoms with Gasteiger partial charge in [0, 0.05) is 19.1 Å². The number of halogens is 4. The van der Waals surface area contributed by atoms with Crippen LogP contribution in [0.25, 0.3) is 10.8 Å². The van der Waals surface area contributed by atoms with Crippen molar-refractivity contribution >= 4 is 28.3 Å². The number of benzene rings is 3. The van der Waals surface area contributed by atoms with Crippen molar-refractivity contribution < 1.29 is 32.2 Å². The summed E-state index contributed by atoms with van der Waals surface area (Å²) in [6.07, 6.45) is -4.33. The molecular formula is C24H23ClF3NO4. The van der Waals surface area contributed by atoms with E-state index in [0.29, 0.717) is 12.2 Å². The van der Waals surface area contributed by atoms with Crippen LogP contribution in [0.4, 0.5) is 13.2 Å². The Balaban J connectivity index is 1.88. The second kappa shape index (κ2) is 10.2. The Hall–Kier alpha value is -3.13. The molecule has 3 rings (SSSR count). The molecule has 0 bridgehead atoms. The molecule has 5 nitrogen and oxygen atoms in total. The van der Waals surface area contributed by atoms with Crippen molar-refractivity contribution in [3.05, 3.63) is 59.1 Å². The highest BCUT2D eigenvalue weighted by Gasteiger charge is 2.33. The van der Waals surface area contributed by atoms with E-state index in [1.807, 2.05) is 38.1 Å². The minimum atomic E-state index is -4.92. The maximum Gasteiger partial charge on any atom is 0.573 e. The van der Waals surface area contributed by atoms with Crippen molar-refractivity contribution in [1.82, 2.24) is 5.32 Å².